The molecule has 0 unspecified atom stereocenters. The number of halogens is 1. The number of imidazole rings is 1. The topological polar surface area (TPSA) is 69.0 Å². The highest BCUT2D eigenvalue weighted by molar-refractivity contribution is 7.99. The predicted octanol–water partition coefficient (Wildman–Crippen LogP) is 4.87. The first-order valence-corrected chi connectivity index (χ1v) is 10.8. The smallest absolute Gasteiger partial charge is 0.236 e. The molecule has 1 amide bonds. The van der Waals surface area contributed by atoms with Crippen molar-refractivity contribution in [2.24, 2.45) is 0 Å². The van der Waals surface area contributed by atoms with Crippen LogP contribution in [0.3, 0.4) is 0 Å². The number of rotatable bonds is 7. The number of benzene rings is 2. The Balaban J connectivity index is 1.63. The standard InChI is InChI=1S/C21H17FN4O2S2/c1-28-17-8-2-14(3-9-17)18-12-24-21(26(18)16-6-4-15(22)5-7-16)30-13-19(27)25-20-23-10-11-29-20/h2-12H,13H2,1H3,(H,23,25,27). The molecule has 0 atom stereocenters. The van der Waals surface area contributed by atoms with Gasteiger partial charge in [0.15, 0.2) is 10.3 Å². The molecule has 4 aromatic rings. The Bertz CT molecular complexity index is 1130. The lowest BCUT2D eigenvalue weighted by Gasteiger charge is -2.12. The minimum Gasteiger partial charge on any atom is -0.497 e. The van der Waals surface area contributed by atoms with Crippen molar-refractivity contribution >= 4 is 34.1 Å². The molecule has 0 aliphatic heterocycles. The normalized spacial score (nSPS) is 10.7. The van der Waals surface area contributed by atoms with Crippen LogP contribution in [0.25, 0.3) is 16.9 Å². The van der Waals surface area contributed by atoms with E-state index in [0.717, 1.165) is 22.7 Å². The monoisotopic (exact) mass is 440 g/mol. The first kappa shape index (κ1) is 20.1. The Hall–Kier alpha value is -3.17. The molecule has 0 spiro atoms. The molecule has 0 aliphatic rings. The fourth-order valence-corrected chi connectivity index (χ4v) is 4.15. The van der Waals surface area contributed by atoms with Gasteiger partial charge in [-0.1, -0.05) is 11.8 Å². The Labute approximate surface area is 180 Å². The van der Waals surface area contributed by atoms with Gasteiger partial charge in [-0.3, -0.25) is 9.36 Å². The quantitative estimate of drug-likeness (QED) is 0.415. The minimum atomic E-state index is -0.318. The maximum atomic E-state index is 13.5. The number of nitrogens with one attached hydrogen (secondary N) is 1. The zero-order valence-electron chi connectivity index (χ0n) is 15.9. The van der Waals surface area contributed by atoms with Gasteiger partial charge in [-0.05, 0) is 48.5 Å². The maximum Gasteiger partial charge on any atom is 0.236 e. The van der Waals surface area contributed by atoms with Crippen LogP contribution in [0.4, 0.5) is 9.52 Å². The van der Waals surface area contributed by atoms with Crippen LogP contribution < -0.4 is 10.1 Å². The van der Waals surface area contributed by atoms with Crippen molar-refractivity contribution in [3.05, 3.63) is 72.1 Å². The number of carbonyl (C=O) groups excluding carboxylic acids is 1. The minimum absolute atomic E-state index is 0.167. The van der Waals surface area contributed by atoms with E-state index >= 15 is 0 Å². The van der Waals surface area contributed by atoms with Crippen molar-refractivity contribution in [2.45, 2.75) is 5.16 Å². The van der Waals surface area contributed by atoms with Gasteiger partial charge in [-0.2, -0.15) is 0 Å². The van der Waals surface area contributed by atoms with Crippen LogP contribution in [-0.4, -0.2) is 33.3 Å². The van der Waals surface area contributed by atoms with Crippen LogP contribution in [-0.2, 0) is 4.79 Å². The lowest BCUT2D eigenvalue weighted by Crippen LogP contribution is -2.14. The van der Waals surface area contributed by atoms with E-state index in [1.807, 2.05) is 28.8 Å². The number of thioether (sulfide) groups is 1. The zero-order chi connectivity index (χ0) is 20.9. The molecule has 0 fully saturated rings. The number of anilines is 1. The van der Waals surface area contributed by atoms with Crippen LogP contribution in [0, 0.1) is 5.82 Å². The van der Waals surface area contributed by atoms with Gasteiger partial charge in [-0.15, -0.1) is 11.3 Å². The molecule has 0 radical (unpaired) electrons. The molecule has 0 bridgehead atoms. The lowest BCUT2D eigenvalue weighted by atomic mass is 10.1. The van der Waals surface area contributed by atoms with E-state index in [9.17, 15) is 9.18 Å². The average Bonchev–Trinajstić information content (AvgIpc) is 3.43. The molecular weight excluding hydrogens is 423 g/mol. The van der Waals surface area contributed by atoms with Gasteiger partial charge in [0.05, 0.1) is 24.8 Å². The number of aromatic nitrogens is 3. The Morgan fingerprint density at radius 3 is 2.60 bits per heavy atom. The second-order valence-corrected chi connectivity index (χ2v) is 7.98. The van der Waals surface area contributed by atoms with E-state index in [1.165, 1.54) is 35.2 Å². The number of nitrogens with zero attached hydrogens (tertiary/aromatic N) is 3. The molecule has 9 heteroatoms. The van der Waals surface area contributed by atoms with E-state index in [1.54, 1.807) is 37.0 Å². The van der Waals surface area contributed by atoms with Crippen molar-refractivity contribution in [1.29, 1.82) is 0 Å². The molecule has 0 saturated heterocycles. The first-order valence-electron chi connectivity index (χ1n) is 8.94. The Morgan fingerprint density at radius 2 is 1.93 bits per heavy atom. The third-order valence-corrected chi connectivity index (χ3v) is 5.85. The number of methoxy groups -OCH3 is 1. The number of ether oxygens (including phenoxy) is 1. The van der Waals surface area contributed by atoms with Crippen LogP contribution >= 0.6 is 23.1 Å². The van der Waals surface area contributed by atoms with Crippen molar-refractivity contribution in [3.8, 4) is 22.7 Å². The Kier molecular flexibility index (Phi) is 6.10. The summed E-state index contributed by atoms with van der Waals surface area (Å²) in [6, 6.07) is 13.8. The first-order chi connectivity index (χ1) is 14.6. The molecule has 0 saturated carbocycles. The molecule has 1 N–H and O–H groups in total. The summed E-state index contributed by atoms with van der Waals surface area (Å²) in [7, 11) is 1.61. The molecule has 152 valence electrons. The van der Waals surface area contributed by atoms with Gasteiger partial charge >= 0.3 is 0 Å². The summed E-state index contributed by atoms with van der Waals surface area (Å²) in [4.78, 5) is 20.8. The number of amides is 1. The number of hydrogen-bond acceptors (Lipinski definition) is 6. The molecule has 2 aromatic carbocycles. The third-order valence-electron chi connectivity index (χ3n) is 4.21. The second kappa shape index (κ2) is 9.10. The molecule has 2 heterocycles. The summed E-state index contributed by atoms with van der Waals surface area (Å²) in [5.74, 6) is 0.427. The molecule has 4 rings (SSSR count). The second-order valence-electron chi connectivity index (χ2n) is 6.14. The van der Waals surface area contributed by atoms with Gasteiger partial charge in [0.2, 0.25) is 5.91 Å². The predicted molar refractivity (Wildman–Crippen MR) is 117 cm³/mol. The summed E-state index contributed by atoms with van der Waals surface area (Å²) < 4.78 is 20.6. The van der Waals surface area contributed by atoms with Crippen molar-refractivity contribution in [2.75, 3.05) is 18.2 Å². The van der Waals surface area contributed by atoms with E-state index in [-0.39, 0.29) is 17.5 Å². The summed E-state index contributed by atoms with van der Waals surface area (Å²) in [6.07, 6.45) is 3.38. The highest BCUT2D eigenvalue weighted by Gasteiger charge is 2.16. The molecule has 0 aliphatic carbocycles. The molecule has 30 heavy (non-hydrogen) atoms. The SMILES string of the molecule is COc1ccc(-c2cnc(SCC(=O)Nc3nccs3)n2-c2ccc(F)cc2)cc1. The summed E-state index contributed by atoms with van der Waals surface area (Å²) >= 11 is 2.66. The summed E-state index contributed by atoms with van der Waals surface area (Å²) in [5.41, 5.74) is 2.50. The fourth-order valence-electron chi connectivity index (χ4n) is 2.81. The van der Waals surface area contributed by atoms with Crippen LogP contribution in [0.2, 0.25) is 0 Å². The van der Waals surface area contributed by atoms with E-state index in [2.05, 4.69) is 15.3 Å². The largest absolute Gasteiger partial charge is 0.497 e. The third kappa shape index (κ3) is 4.52. The zero-order valence-corrected chi connectivity index (χ0v) is 17.5. The van der Waals surface area contributed by atoms with E-state index in [4.69, 9.17) is 4.74 Å². The summed E-state index contributed by atoms with van der Waals surface area (Å²) in [5, 5.41) is 5.74. The van der Waals surface area contributed by atoms with Gasteiger partial charge in [0.1, 0.15) is 11.6 Å². The van der Waals surface area contributed by atoms with Crippen molar-refractivity contribution in [1.82, 2.24) is 14.5 Å². The van der Waals surface area contributed by atoms with Gasteiger partial charge in [0.25, 0.3) is 0 Å². The molecular formula is C21H17FN4O2S2. The highest BCUT2D eigenvalue weighted by atomic mass is 32.2. The molecule has 6 nitrogen and oxygen atoms in total. The lowest BCUT2D eigenvalue weighted by molar-refractivity contribution is -0.113. The maximum absolute atomic E-state index is 13.5. The Morgan fingerprint density at radius 1 is 1.17 bits per heavy atom. The number of thiazole rings is 1. The van der Waals surface area contributed by atoms with Crippen LogP contribution in [0.1, 0.15) is 0 Å². The van der Waals surface area contributed by atoms with E-state index in [0.29, 0.717) is 10.3 Å². The average molecular weight is 441 g/mol. The van der Waals surface area contributed by atoms with Gasteiger partial charge in [0, 0.05) is 22.8 Å². The summed E-state index contributed by atoms with van der Waals surface area (Å²) in [6.45, 7) is 0. The molecule has 2 aromatic heterocycles. The van der Waals surface area contributed by atoms with Gasteiger partial charge < -0.3 is 10.1 Å². The van der Waals surface area contributed by atoms with Crippen LogP contribution in [0.5, 0.6) is 5.75 Å². The number of hydrogen-bond donors (Lipinski definition) is 1. The number of carbonyl (C=O) groups is 1. The van der Waals surface area contributed by atoms with Crippen molar-refractivity contribution in [3.63, 3.8) is 0 Å². The van der Waals surface area contributed by atoms with Crippen molar-refractivity contribution < 1.29 is 13.9 Å². The highest BCUT2D eigenvalue weighted by Crippen LogP contribution is 2.31. The fraction of sp³-hybridized carbons (Fsp3) is 0.0952. The van der Waals surface area contributed by atoms with Crippen LogP contribution in [0.15, 0.2) is 71.5 Å². The van der Waals surface area contributed by atoms with Gasteiger partial charge in [-0.25, -0.2) is 14.4 Å². The van der Waals surface area contributed by atoms with E-state index < -0.39 is 0 Å².